The Kier molecular flexibility index (Phi) is 5.02. The minimum atomic E-state index is -0.142. The van der Waals surface area contributed by atoms with E-state index >= 15 is 0 Å². The van der Waals surface area contributed by atoms with Gasteiger partial charge < -0.3 is 10.6 Å². The first-order valence-corrected chi connectivity index (χ1v) is 5.67. The van der Waals surface area contributed by atoms with Crippen LogP contribution >= 0.6 is 0 Å². The molecule has 0 spiro atoms. The van der Waals surface area contributed by atoms with Gasteiger partial charge in [0.25, 0.3) is 5.91 Å². The molecule has 0 aromatic heterocycles. The molecule has 1 aromatic carbocycles. The van der Waals surface area contributed by atoms with Gasteiger partial charge in [0.2, 0.25) is 0 Å². The van der Waals surface area contributed by atoms with Crippen LogP contribution in [0.5, 0.6) is 0 Å². The molecule has 1 atom stereocenters. The van der Waals surface area contributed by atoms with Crippen LogP contribution < -0.4 is 10.6 Å². The maximum Gasteiger partial charge on any atom is 0.253 e. The summed E-state index contributed by atoms with van der Waals surface area (Å²) in [6.07, 6.45) is 1.09. The average Bonchev–Trinajstić information content (AvgIpc) is 2.38. The van der Waals surface area contributed by atoms with Crippen molar-refractivity contribution >= 4 is 11.6 Å². The van der Waals surface area contributed by atoms with Crippen molar-refractivity contribution in [3.05, 3.63) is 29.8 Å². The van der Waals surface area contributed by atoms with Crippen molar-refractivity contribution in [3.8, 4) is 6.07 Å². The van der Waals surface area contributed by atoms with Crippen molar-refractivity contribution in [2.45, 2.75) is 25.8 Å². The van der Waals surface area contributed by atoms with Crippen molar-refractivity contribution in [1.82, 2.24) is 5.32 Å². The molecule has 4 heteroatoms. The van der Waals surface area contributed by atoms with E-state index in [4.69, 9.17) is 5.26 Å². The molecule has 4 nitrogen and oxygen atoms in total. The van der Waals surface area contributed by atoms with Crippen LogP contribution in [0.4, 0.5) is 5.69 Å². The average molecular weight is 231 g/mol. The van der Waals surface area contributed by atoms with Gasteiger partial charge in [-0.25, -0.2) is 0 Å². The summed E-state index contributed by atoms with van der Waals surface area (Å²) in [5.74, 6) is -0.142. The zero-order valence-corrected chi connectivity index (χ0v) is 10.2. The number of hydrogen-bond donors (Lipinski definition) is 2. The van der Waals surface area contributed by atoms with Crippen LogP contribution in [0.1, 0.15) is 30.1 Å². The number of amides is 1. The third-order valence-electron chi connectivity index (χ3n) is 2.61. The molecular weight excluding hydrogens is 214 g/mol. The minimum absolute atomic E-state index is 0.0857. The lowest BCUT2D eigenvalue weighted by molar-refractivity contribution is 0.0937. The molecule has 17 heavy (non-hydrogen) atoms. The molecule has 0 unspecified atom stereocenters. The Balaban J connectivity index is 2.79. The number of nitrogens with one attached hydrogen (secondary N) is 2. The highest BCUT2D eigenvalue weighted by molar-refractivity contribution is 5.99. The summed E-state index contributed by atoms with van der Waals surface area (Å²) in [5.41, 5.74) is 1.39. The summed E-state index contributed by atoms with van der Waals surface area (Å²) in [6.45, 7) is 1.95. The van der Waals surface area contributed by atoms with Crippen LogP contribution in [0.2, 0.25) is 0 Å². The van der Waals surface area contributed by atoms with E-state index in [9.17, 15) is 4.79 Å². The van der Waals surface area contributed by atoms with Gasteiger partial charge >= 0.3 is 0 Å². The quantitative estimate of drug-likeness (QED) is 0.816. The number of anilines is 1. The fourth-order valence-electron chi connectivity index (χ4n) is 1.57. The zero-order valence-electron chi connectivity index (χ0n) is 10.2. The first-order chi connectivity index (χ1) is 8.22. The van der Waals surface area contributed by atoms with E-state index in [1.807, 2.05) is 25.1 Å². The summed E-state index contributed by atoms with van der Waals surface area (Å²) in [7, 11) is 1.78. The first kappa shape index (κ1) is 13.0. The molecule has 0 aliphatic rings. The molecule has 90 valence electrons. The molecule has 0 fully saturated rings. The lowest BCUT2D eigenvalue weighted by Gasteiger charge is -2.15. The second-order valence-corrected chi connectivity index (χ2v) is 3.74. The van der Waals surface area contributed by atoms with E-state index in [-0.39, 0.29) is 11.9 Å². The lowest BCUT2D eigenvalue weighted by atomic mass is 10.1. The Morgan fingerprint density at radius 1 is 1.47 bits per heavy atom. The summed E-state index contributed by atoms with van der Waals surface area (Å²) < 4.78 is 0. The standard InChI is InChI=1S/C13H17N3O/c1-3-10(8-9-14)16-13(17)11-6-4-5-7-12(11)15-2/h4-7,10,15H,3,8H2,1-2H3,(H,16,17)/t10-/m1/s1. The highest BCUT2D eigenvalue weighted by Gasteiger charge is 2.14. The first-order valence-electron chi connectivity index (χ1n) is 5.67. The smallest absolute Gasteiger partial charge is 0.253 e. The van der Waals surface area contributed by atoms with Gasteiger partial charge in [-0.2, -0.15) is 5.26 Å². The van der Waals surface area contributed by atoms with Gasteiger partial charge in [-0.1, -0.05) is 19.1 Å². The maximum absolute atomic E-state index is 12.0. The molecule has 1 rings (SSSR count). The van der Waals surface area contributed by atoms with Crippen LogP contribution in [0.15, 0.2) is 24.3 Å². The number of para-hydroxylation sites is 1. The van der Waals surface area contributed by atoms with Crippen LogP contribution in [0.3, 0.4) is 0 Å². The van der Waals surface area contributed by atoms with E-state index < -0.39 is 0 Å². The molecule has 1 aromatic rings. The zero-order chi connectivity index (χ0) is 12.7. The number of hydrogen-bond acceptors (Lipinski definition) is 3. The van der Waals surface area contributed by atoms with E-state index in [0.29, 0.717) is 12.0 Å². The summed E-state index contributed by atoms with van der Waals surface area (Å²) in [5, 5.41) is 14.5. The number of benzene rings is 1. The molecule has 0 saturated carbocycles. The van der Waals surface area contributed by atoms with Gasteiger partial charge in [-0.3, -0.25) is 4.79 Å². The van der Waals surface area contributed by atoms with Crippen molar-refractivity contribution in [2.75, 3.05) is 12.4 Å². The van der Waals surface area contributed by atoms with Crippen molar-refractivity contribution in [1.29, 1.82) is 5.26 Å². The van der Waals surface area contributed by atoms with E-state index in [1.54, 1.807) is 13.1 Å². The number of carbonyl (C=O) groups is 1. The number of nitrogens with zero attached hydrogens (tertiary/aromatic N) is 1. The normalized spacial score (nSPS) is 11.4. The van der Waals surface area contributed by atoms with Crippen LogP contribution in [-0.4, -0.2) is 19.0 Å². The Hall–Kier alpha value is -2.02. The molecule has 0 bridgehead atoms. The number of rotatable bonds is 5. The SMILES string of the molecule is CC[C@H](CC#N)NC(=O)c1ccccc1NC. The number of carbonyl (C=O) groups excluding carboxylic acids is 1. The van der Waals surface area contributed by atoms with Crippen molar-refractivity contribution in [3.63, 3.8) is 0 Å². The summed E-state index contributed by atoms with van der Waals surface area (Å²) in [4.78, 5) is 12.0. The predicted octanol–water partition coefficient (Wildman–Crippen LogP) is 2.15. The second-order valence-electron chi connectivity index (χ2n) is 3.74. The summed E-state index contributed by atoms with van der Waals surface area (Å²) >= 11 is 0. The van der Waals surface area contributed by atoms with Gasteiger partial charge in [-0.05, 0) is 18.6 Å². The second kappa shape index (κ2) is 6.54. The van der Waals surface area contributed by atoms with Gasteiger partial charge in [0, 0.05) is 18.8 Å². The van der Waals surface area contributed by atoms with Crippen LogP contribution in [-0.2, 0) is 0 Å². The van der Waals surface area contributed by atoms with Gasteiger partial charge in [-0.15, -0.1) is 0 Å². The fourth-order valence-corrected chi connectivity index (χ4v) is 1.57. The lowest BCUT2D eigenvalue weighted by Crippen LogP contribution is -2.34. The summed E-state index contributed by atoms with van der Waals surface area (Å²) in [6, 6.07) is 9.29. The topological polar surface area (TPSA) is 64.9 Å². The maximum atomic E-state index is 12.0. The number of nitriles is 1. The molecule has 0 aliphatic heterocycles. The molecule has 0 radical (unpaired) electrons. The highest BCUT2D eigenvalue weighted by atomic mass is 16.1. The Bertz CT molecular complexity index is 423. The Morgan fingerprint density at radius 3 is 2.76 bits per heavy atom. The van der Waals surface area contributed by atoms with Gasteiger partial charge in [0.15, 0.2) is 0 Å². The van der Waals surface area contributed by atoms with Crippen molar-refractivity contribution in [2.24, 2.45) is 0 Å². The Morgan fingerprint density at radius 2 is 2.18 bits per heavy atom. The van der Waals surface area contributed by atoms with E-state index in [0.717, 1.165) is 12.1 Å². The molecule has 1 amide bonds. The molecule has 2 N–H and O–H groups in total. The largest absolute Gasteiger partial charge is 0.387 e. The Labute approximate surface area is 102 Å². The van der Waals surface area contributed by atoms with Crippen molar-refractivity contribution < 1.29 is 4.79 Å². The third kappa shape index (κ3) is 3.49. The van der Waals surface area contributed by atoms with Gasteiger partial charge in [0.1, 0.15) is 0 Å². The molecular formula is C13H17N3O. The highest BCUT2D eigenvalue weighted by Crippen LogP contribution is 2.14. The van der Waals surface area contributed by atoms with E-state index in [2.05, 4.69) is 16.7 Å². The van der Waals surface area contributed by atoms with Gasteiger partial charge in [0.05, 0.1) is 18.1 Å². The molecule has 0 aliphatic carbocycles. The molecule has 0 saturated heterocycles. The minimum Gasteiger partial charge on any atom is -0.387 e. The predicted molar refractivity (Wildman–Crippen MR) is 67.8 cm³/mol. The van der Waals surface area contributed by atoms with Crippen LogP contribution in [0, 0.1) is 11.3 Å². The molecule has 0 heterocycles. The van der Waals surface area contributed by atoms with Crippen LogP contribution in [0.25, 0.3) is 0 Å². The third-order valence-corrected chi connectivity index (χ3v) is 2.61. The fraction of sp³-hybridized carbons (Fsp3) is 0.385. The monoisotopic (exact) mass is 231 g/mol. The van der Waals surface area contributed by atoms with E-state index in [1.165, 1.54) is 0 Å².